The van der Waals surface area contributed by atoms with E-state index in [1.807, 2.05) is 0 Å². The largest absolute Gasteiger partial charge is 0.454 e. The van der Waals surface area contributed by atoms with Gasteiger partial charge in [-0.2, -0.15) is 0 Å². The Bertz CT molecular complexity index is 1330. The number of rotatable bonds is 10. The molecule has 2 aromatic carbocycles. The molecule has 10 nitrogen and oxygen atoms in total. The summed E-state index contributed by atoms with van der Waals surface area (Å²) in [6.07, 6.45) is 1.99. The molecule has 0 atom stereocenters. The number of ether oxygens (including phenoxy) is 2. The van der Waals surface area contributed by atoms with Crippen molar-refractivity contribution in [3.8, 4) is 11.5 Å². The molecule has 38 heavy (non-hydrogen) atoms. The number of carbonyl (C=O) groups excluding carboxylic acids is 3. The van der Waals surface area contributed by atoms with E-state index in [4.69, 9.17) is 14.0 Å². The maximum atomic E-state index is 13.4. The number of hydrogen-bond acceptors (Lipinski definition) is 7. The van der Waals surface area contributed by atoms with E-state index in [1.54, 1.807) is 40.1 Å². The summed E-state index contributed by atoms with van der Waals surface area (Å²) >= 11 is 0. The summed E-state index contributed by atoms with van der Waals surface area (Å²) in [5, 5.41) is 6.57. The maximum Gasteiger partial charge on any atom is 0.273 e. The molecule has 0 aliphatic carbocycles. The van der Waals surface area contributed by atoms with Crippen LogP contribution in [0.5, 0.6) is 11.5 Å². The fraction of sp³-hybridized carbons (Fsp3) is 0.333. The van der Waals surface area contributed by atoms with Gasteiger partial charge in [-0.05, 0) is 48.7 Å². The van der Waals surface area contributed by atoms with Gasteiger partial charge in [0.25, 0.3) is 11.8 Å². The highest BCUT2D eigenvalue weighted by Crippen LogP contribution is 2.33. The fourth-order valence-electron chi connectivity index (χ4n) is 4.42. The summed E-state index contributed by atoms with van der Waals surface area (Å²) in [5.74, 6) is 0.479. The normalized spacial score (nSPS) is 14.1. The fourth-order valence-corrected chi connectivity index (χ4v) is 4.42. The van der Waals surface area contributed by atoms with E-state index in [0.717, 1.165) is 18.5 Å². The zero-order chi connectivity index (χ0) is 26.5. The number of fused-ring (bicyclic) bond motifs is 1. The first-order chi connectivity index (χ1) is 18.5. The van der Waals surface area contributed by atoms with Crippen molar-refractivity contribution in [2.24, 2.45) is 0 Å². The Kier molecular flexibility index (Phi) is 7.52. The lowest BCUT2D eigenvalue weighted by atomic mass is 10.1. The second-order valence-electron chi connectivity index (χ2n) is 9.12. The number of halogens is 1. The molecule has 198 valence electrons. The van der Waals surface area contributed by atoms with Crippen molar-refractivity contribution < 1.29 is 32.8 Å². The number of nitrogens with one attached hydrogen (secondary N) is 1. The number of amides is 3. The Labute approximate surface area is 218 Å². The van der Waals surface area contributed by atoms with Crippen LogP contribution >= 0.6 is 0 Å². The maximum absolute atomic E-state index is 13.4. The molecular formula is C27H27FN4O6. The SMILES string of the molecule is O=C(NCc1ccc(F)cc1)c1cc(CN(CCCN2CCCC2=O)C(=O)c2ccc3c(c2)OCO3)on1. The van der Waals surface area contributed by atoms with E-state index in [1.165, 1.54) is 18.2 Å². The topological polar surface area (TPSA) is 114 Å². The first-order valence-electron chi connectivity index (χ1n) is 12.4. The van der Waals surface area contributed by atoms with Gasteiger partial charge < -0.3 is 29.1 Å². The van der Waals surface area contributed by atoms with Gasteiger partial charge in [0, 0.05) is 44.2 Å². The molecule has 1 aromatic heterocycles. The Hall–Kier alpha value is -4.41. The summed E-state index contributed by atoms with van der Waals surface area (Å²) in [6, 6.07) is 12.3. The van der Waals surface area contributed by atoms with Crippen LogP contribution in [0.3, 0.4) is 0 Å². The summed E-state index contributed by atoms with van der Waals surface area (Å²) in [7, 11) is 0. The minimum absolute atomic E-state index is 0.0697. The number of hydrogen-bond donors (Lipinski definition) is 1. The van der Waals surface area contributed by atoms with Crippen LogP contribution < -0.4 is 14.8 Å². The van der Waals surface area contributed by atoms with E-state index in [2.05, 4.69) is 10.5 Å². The van der Waals surface area contributed by atoms with E-state index >= 15 is 0 Å². The molecule has 2 aliphatic rings. The highest BCUT2D eigenvalue weighted by atomic mass is 19.1. The Morgan fingerprint density at radius 1 is 1.08 bits per heavy atom. The summed E-state index contributed by atoms with van der Waals surface area (Å²) < 4.78 is 29.2. The first-order valence-corrected chi connectivity index (χ1v) is 12.4. The van der Waals surface area contributed by atoms with Crippen molar-refractivity contribution in [1.29, 1.82) is 0 Å². The average Bonchev–Trinajstić information content (AvgIpc) is 3.68. The molecule has 0 spiro atoms. The molecule has 0 bridgehead atoms. The zero-order valence-electron chi connectivity index (χ0n) is 20.7. The number of carbonyl (C=O) groups is 3. The minimum atomic E-state index is -0.453. The van der Waals surface area contributed by atoms with E-state index < -0.39 is 5.91 Å². The monoisotopic (exact) mass is 522 g/mol. The predicted octanol–water partition coefficient (Wildman–Crippen LogP) is 3.13. The van der Waals surface area contributed by atoms with Crippen molar-refractivity contribution in [3.05, 3.63) is 76.9 Å². The number of benzene rings is 2. The van der Waals surface area contributed by atoms with Crippen LogP contribution in [-0.2, 0) is 17.9 Å². The molecule has 0 saturated carbocycles. The molecular weight excluding hydrogens is 495 g/mol. The molecule has 11 heteroatoms. The molecule has 3 amide bonds. The van der Waals surface area contributed by atoms with Gasteiger partial charge >= 0.3 is 0 Å². The second-order valence-corrected chi connectivity index (χ2v) is 9.12. The van der Waals surface area contributed by atoms with Gasteiger partial charge in [-0.25, -0.2) is 4.39 Å². The standard InChI is InChI=1S/C27H27FN4O6/c28-20-7-4-18(5-8-20)15-29-26(34)22-14-21(38-30-22)16-32(12-2-11-31-10-1-3-25(31)33)27(35)19-6-9-23-24(13-19)37-17-36-23/h4-9,13-14H,1-3,10-12,15-17H2,(H,29,34). The van der Waals surface area contributed by atoms with Crippen LogP contribution in [-0.4, -0.2) is 59.1 Å². The molecule has 3 heterocycles. The van der Waals surface area contributed by atoms with E-state index in [0.29, 0.717) is 48.8 Å². The van der Waals surface area contributed by atoms with Gasteiger partial charge in [-0.15, -0.1) is 0 Å². The van der Waals surface area contributed by atoms with Crippen molar-refractivity contribution >= 4 is 17.7 Å². The summed E-state index contributed by atoms with van der Waals surface area (Å²) in [6.45, 7) is 2.03. The van der Waals surface area contributed by atoms with Crippen molar-refractivity contribution in [2.45, 2.75) is 32.4 Å². The smallest absolute Gasteiger partial charge is 0.273 e. The van der Waals surface area contributed by atoms with Crippen LogP contribution in [0, 0.1) is 5.82 Å². The third kappa shape index (κ3) is 5.93. The van der Waals surface area contributed by atoms with Crippen LogP contribution in [0.15, 0.2) is 53.1 Å². The van der Waals surface area contributed by atoms with E-state index in [9.17, 15) is 18.8 Å². The molecule has 3 aromatic rings. The van der Waals surface area contributed by atoms with Gasteiger partial charge in [-0.1, -0.05) is 17.3 Å². The van der Waals surface area contributed by atoms with Crippen molar-refractivity contribution in [3.63, 3.8) is 0 Å². The van der Waals surface area contributed by atoms with Crippen LogP contribution in [0.25, 0.3) is 0 Å². The lowest BCUT2D eigenvalue weighted by molar-refractivity contribution is -0.127. The molecule has 1 N–H and O–H groups in total. The highest BCUT2D eigenvalue weighted by Gasteiger charge is 2.24. The quantitative estimate of drug-likeness (QED) is 0.435. The van der Waals surface area contributed by atoms with Gasteiger partial charge in [0.1, 0.15) is 5.82 Å². The molecule has 0 radical (unpaired) electrons. The number of nitrogens with zero attached hydrogens (tertiary/aromatic N) is 3. The average molecular weight is 523 g/mol. The number of likely N-dealkylation sites (tertiary alicyclic amines) is 1. The van der Waals surface area contributed by atoms with Gasteiger partial charge in [-0.3, -0.25) is 14.4 Å². The zero-order valence-corrected chi connectivity index (χ0v) is 20.7. The molecule has 1 saturated heterocycles. The number of aromatic nitrogens is 1. The van der Waals surface area contributed by atoms with Gasteiger partial charge in [0.2, 0.25) is 12.7 Å². The first kappa shape index (κ1) is 25.2. The summed E-state index contributed by atoms with van der Waals surface area (Å²) in [4.78, 5) is 41.4. The second kappa shape index (κ2) is 11.3. The molecule has 5 rings (SSSR count). The third-order valence-corrected chi connectivity index (χ3v) is 6.44. The van der Waals surface area contributed by atoms with Crippen LogP contribution in [0.2, 0.25) is 0 Å². The van der Waals surface area contributed by atoms with Crippen LogP contribution in [0.4, 0.5) is 4.39 Å². The third-order valence-electron chi connectivity index (χ3n) is 6.44. The molecule has 2 aliphatic heterocycles. The lowest BCUT2D eigenvalue weighted by Gasteiger charge is -2.23. The lowest BCUT2D eigenvalue weighted by Crippen LogP contribution is -2.34. The van der Waals surface area contributed by atoms with Crippen molar-refractivity contribution in [1.82, 2.24) is 20.3 Å². The molecule has 0 unspecified atom stereocenters. The van der Waals surface area contributed by atoms with Gasteiger partial charge in [0.05, 0.1) is 6.54 Å². The highest BCUT2D eigenvalue weighted by molar-refractivity contribution is 5.95. The predicted molar refractivity (Wildman–Crippen MR) is 132 cm³/mol. The Balaban J connectivity index is 1.25. The minimum Gasteiger partial charge on any atom is -0.454 e. The Morgan fingerprint density at radius 2 is 1.89 bits per heavy atom. The van der Waals surface area contributed by atoms with Gasteiger partial charge in [0.15, 0.2) is 23.0 Å². The Morgan fingerprint density at radius 3 is 2.68 bits per heavy atom. The van der Waals surface area contributed by atoms with E-state index in [-0.39, 0.29) is 43.2 Å². The summed E-state index contributed by atoms with van der Waals surface area (Å²) in [5.41, 5.74) is 1.23. The molecule has 1 fully saturated rings. The van der Waals surface area contributed by atoms with Crippen LogP contribution in [0.1, 0.15) is 51.4 Å². The van der Waals surface area contributed by atoms with Crippen molar-refractivity contribution in [2.75, 3.05) is 26.4 Å².